The zero-order valence-electron chi connectivity index (χ0n) is 30.6. The van der Waals surface area contributed by atoms with Crippen LogP contribution in [-0.2, 0) is 28.5 Å². The molecule has 13 atom stereocenters. The number of carbonyl (C=O) groups is 2. The number of likely N-dealkylation sites (N-methyl/N-ethyl adjacent to an activating group) is 1. The lowest BCUT2D eigenvalue weighted by atomic mass is 9.76. The smallest absolute Gasteiger partial charge is 0.338 e. The van der Waals surface area contributed by atoms with Crippen molar-refractivity contribution in [3.63, 3.8) is 0 Å². The van der Waals surface area contributed by atoms with Gasteiger partial charge in [-0.25, -0.2) is 4.79 Å². The normalized spacial score (nSPS) is 41.5. The molecular weight excluding hydrogens is 618 g/mol. The van der Waals surface area contributed by atoms with E-state index in [9.17, 15) is 24.9 Å². The Bertz CT molecular complexity index is 1240. The maximum absolute atomic E-state index is 13.5. The highest BCUT2D eigenvalue weighted by Gasteiger charge is 2.51. The van der Waals surface area contributed by atoms with Gasteiger partial charge in [0.2, 0.25) is 0 Å². The number of methoxy groups -OCH3 is 1. The molecule has 1 aromatic carbocycles. The van der Waals surface area contributed by atoms with E-state index in [-0.39, 0.29) is 18.6 Å². The van der Waals surface area contributed by atoms with Crippen LogP contribution in [0.25, 0.3) is 0 Å². The van der Waals surface area contributed by atoms with Gasteiger partial charge in [0, 0.05) is 13.0 Å². The number of esters is 2. The van der Waals surface area contributed by atoms with Crippen molar-refractivity contribution in [3.8, 4) is 0 Å². The Kier molecular flexibility index (Phi) is 13.8. The molecule has 3 rings (SSSR count). The molecule has 48 heavy (non-hydrogen) atoms. The summed E-state index contributed by atoms with van der Waals surface area (Å²) in [6, 6.07) is 8.44. The van der Waals surface area contributed by atoms with Gasteiger partial charge < -0.3 is 43.9 Å². The van der Waals surface area contributed by atoms with Gasteiger partial charge in [-0.05, 0) is 97.7 Å². The van der Waals surface area contributed by atoms with Crippen LogP contribution in [0.1, 0.15) is 85.0 Å². The summed E-state index contributed by atoms with van der Waals surface area (Å²) in [5.41, 5.74) is -1.80. The van der Waals surface area contributed by atoms with Gasteiger partial charge in [0.25, 0.3) is 0 Å². The first-order valence-corrected chi connectivity index (χ1v) is 17.1. The zero-order chi connectivity index (χ0) is 36.1. The standard InChI is InChI=1S/C37H59NO10/c1-12-28-36(7,43)19-21(2)29(39)22(3)20-37(8,44-11)32(24(5)30(40)25(6)33(41)46-28)48-35-31(27(38(9)10)18-23(4)45-35)47-34(42)26-16-14-13-15-17-26/h13-17,19,22-25,27-32,35,39-40,43H,12,18,20H2,1-11H3/b21-19-/t22-,23-,24+,25-,27+,28-,29-,30+,31-,32-,35?,36+,37-/m1/s1. The molecule has 1 aromatic rings. The Morgan fingerprint density at radius 2 is 1.71 bits per heavy atom. The van der Waals surface area contributed by atoms with E-state index in [1.807, 2.05) is 45.8 Å². The predicted octanol–water partition coefficient (Wildman–Crippen LogP) is 4.12. The van der Waals surface area contributed by atoms with E-state index >= 15 is 0 Å². The second-order valence-electron chi connectivity index (χ2n) is 14.6. The summed E-state index contributed by atoms with van der Waals surface area (Å²) in [6.45, 7) is 14.1. The minimum atomic E-state index is -1.56. The van der Waals surface area contributed by atoms with Crippen LogP contribution >= 0.6 is 0 Å². The highest BCUT2D eigenvalue weighted by Crippen LogP contribution is 2.39. The summed E-state index contributed by atoms with van der Waals surface area (Å²) in [5.74, 6) is -3.34. The average Bonchev–Trinajstić information content (AvgIpc) is 3.04. The lowest BCUT2D eigenvalue weighted by Gasteiger charge is -2.48. The lowest BCUT2D eigenvalue weighted by molar-refractivity contribution is -0.301. The number of carbonyl (C=O) groups excluding carboxylic acids is 2. The molecule has 2 aliphatic rings. The van der Waals surface area contributed by atoms with Crippen molar-refractivity contribution >= 4 is 11.9 Å². The molecule has 1 fully saturated rings. The number of rotatable bonds is 7. The first kappa shape index (κ1) is 40.1. The number of hydrogen-bond donors (Lipinski definition) is 3. The fraction of sp³-hybridized carbons (Fsp3) is 0.730. The molecule has 0 amide bonds. The van der Waals surface area contributed by atoms with E-state index in [4.69, 9.17) is 23.7 Å². The van der Waals surface area contributed by atoms with E-state index in [2.05, 4.69) is 0 Å². The number of cyclic esters (lactones) is 1. The molecule has 0 radical (unpaired) electrons. The molecular formula is C37H59NO10. The second kappa shape index (κ2) is 16.6. The predicted molar refractivity (Wildman–Crippen MR) is 181 cm³/mol. The van der Waals surface area contributed by atoms with Crippen LogP contribution in [0.15, 0.2) is 42.0 Å². The second-order valence-corrected chi connectivity index (χ2v) is 14.6. The lowest BCUT2D eigenvalue weighted by Crippen LogP contribution is -2.60. The van der Waals surface area contributed by atoms with Crippen LogP contribution in [0.2, 0.25) is 0 Å². The van der Waals surface area contributed by atoms with E-state index in [1.54, 1.807) is 58.9 Å². The molecule has 272 valence electrons. The van der Waals surface area contributed by atoms with Gasteiger partial charge in [-0.1, -0.05) is 39.0 Å². The summed E-state index contributed by atoms with van der Waals surface area (Å²) in [4.78, 5) is 28.8. The Morgan fingerprint density at radius 1 is 1.08 bits per heavy atom. The quantitative estimate of drug-likeness (QED) is 0.283. The van der Waals surface area contributed by atoms with E-state index < -0.39 is 77.7 Å². The minimum absolute atomic E-state index is 0.261. The van der Waals surface area contributed by atoms with Crippen LogP contribution in [0.4, 0.5) is 0 Å². The SMILES string of the molecule is CC[C@H]1OC(=O)[C@H](C)[C@@H](O)[C@H](C)[C@@H](OC2O[C@H](C)C[C@H](N(C)C)[C@H]2OC(=O)c2ccccc2)[C@](C)(OC)C[C@@H](C)[C@H](O)/C(C)=C\[C@]1(C)O. The first-order chi connectivity index (χ1) is 22.4. The topological polar surface area (TPSA) is 144 Å². The number of hydrogen-bond acceptors (Lipinski definition) is 11. The summed E-state index contributed by atoms with van der Waals surface area (Å²) in [7, 11) is 5.35. The summed E-state index contributed by atoms with van der Waals surface area (Å²) >= 11 is 0. The van der Waals surface area contributed by atoms with Crippen LogP contribution < -0.4 is 0 Å². The Balaban J connectivity index is 2.11. The van der Waals surface area contributed by atoms with Gasteiger partial charge in [-0.15, -0.1) is 0 Å². The van der Waals surface area contributed by atoms with Gasteiger partial charge in [0.15, 0.2) is 12.4 Å². The molecule has 3 N–H and O–H groups in total. The van der Waals surface area contributed by atoms with Crippen molar-refractivity contribution in [1.82, 2.24) is 4.90 Å². The maximum Gasteiger partial charge on any atom is 0.338 e. The maximum atomic E-state index is 13.5. The van der Waals surface area contributed by atoms with Crippen molar-refractivity contribution in [3.05, 3.63) is 47.5 Å². The van der Waals surface area contributed by atoms with Crippen molar-refractivity contribution in [1.29, 1.82) is 0 Å². The third-order valence-electron chi connectivity index (χ3n) is 10.3. The summed E-state index contributed by atoms with van der Waals surface area (Å²) in [6.07, 6.45) is -3.57. The van der Waals surface area contributed by atoms with Crippen LogP contribution in [0.5, 0.6) is 0 Å². The van der Waals surface area contributed by atoms with Crippen molar-refractivity contribution in [2.45, 2.75) is 135 Å². The van der Waals surface area contributed by atoms with Gasteiger partial charge in [0.05, 0.1) is 47.5 Å². The molecule has 1 saturated heterocycles. The number of benzene rings is 1. The van der Waals surface area contributed by atoms with Gasteiger partial charge in [0.1, 0.15) is 11.7 Å². The first-order valence-electron chi connectivity index (χ1n) is 17.1. The molecule has 11 heteroatoms. The molecule has 0 bridgehead atoms. The zero-order valence-corrected chi connectivity index (χ0v) is 30.6. The molecule has 2 aliphatic heterocycles. The van der Waals surface area contributed by atoms with Gasteiger partial charge in [-0.3, -0.25) is 4.79 Å². The van der Waals surface area contributed by atoms with E-state index in [0.717, 1.165) is 0 Å². The molecule has 0 spiro atoms. The fourth-order valence-corrected chi connectivity index (χ4v) is 7.29. The van der Waals surface area contributed by atoms with Crippen molar-refractivity contribution in [2.75, 3.05) is 21.2 Å². The highest BCUT2D eigenvalue weighted by molar-refractivity contribution is 5.89. The van der Waals surface area contributed by atoms with E-state index in [0.29, 0.717) is 24.0 Å². The summed E-state index contributed by atoms with van der Waals surface area (Å²) < 4.78 is 31.3. The Labute approximate surface area is 286 Å². The molecule has 1 unspecified atom stereocenters. The van der Waals surface area contributed by atoms with Crippen LogP contribution in [0, 0.1) is 17.8 Å². The Morgan fingerprint density at radius 3 is 2.27 bits per heavy atom. The number of nitrogens with zero attached hydrogens (tertiary/aromatic N) is 1. The van der Waals surface area contributed by atoms with Crippen molar-refractivity contribution < 1.29 is 48.6 Å². The largest absolute Gasteiger partial charge is 0.459 e. The number of ether oxygens (including phenoxy) is 5. The fourth-order valence-electron chi connectivity index (χ4n) is 7.29. The molecule has 2 heterocycles. The number of aliphatic hydroxyl groups excluding tert-OH is 2. The number of aliphatic hydroxyl groups is 3. The molecule has 0 aliphatic carbocycles. The Hall–Kier alpha value is -2.38. The van der Waals surface area contributed by atoms with Gasteiger partial charge >= 0.3 is 11.9 Å². The molecule has 0 saturated carbocycles. The van der Waals surface area contributed by atoms with Crippen molar-refractivity contribution in [2.24, 2.45) is 17.8 Å². The average molecular weight is 678 g/mol. The van der Waals surface area contributed by atoms with Gasteiger partial charge in [-0.2, -0.15) is 0 Å². The highest BCUT2D eigenvalue weighted by atomic mass is 16.7. The third-order valence-corrected chi connectivity index (χ3v) is 10.3. The molecule has 0 aromatic heterocycles. The summed E-state index contributed by atoms with van der Waals surface area (Å²) in [5, 5.41) is 34.5. The van der Waals surface area contributed by atoms with Crippen LogP contribution in [-0.4, -0.2) is 114 Å². The monoisotopic (exact) mass is 677 g/mol. The minimum Gasteiger partial charge on any atom is -0.459 e. The van der Waals surface area contributed by atoms with Crippen LogP contribution in [0.3, 0.4) is 0 Å². The third kappa shape index (κ3) is 9.24. The molecule has 11 nitrogen and oxygen atoms in total. The van der Waals surface area contributed by atoms with E-state index in [1.165, 1.54) is 13.2 Å².